The minimum Gasteiger partial charge on any atom is -0.467 e. The lowest BCUT2D eigenvalue weighted by atomic mass is 9.36. The van der Waals surface area contributed by atoms with Gasteiger partial charge in [-0.25, -0.2) is 4.79 Å². The van der Waals surface area contributed by atoms with Crippen molar-refractivity contribution in [3.05, 3.63) is 47.5 Å². The van der Waals surface area contributed by atoms with Gasteiger partial charge in [0.25, 0.3) is 0 Å². The van der Waals surface area contributed by atoms with Crippen molar-refractivity contribution in [3.8, 4) is 0 Å². The van der Waals surface area contributed by atoms with Gasteiger partial charge in [0.2, 0.25) is 5.91 Å². The Hall–Kier alpha value is -3.00. The van der Waals surface area contributed by atoms with E-state index in [1.54, 1.807) is 0 Å². The predicted octanol–water partition coefficient (Wildman–Crippen LogP) is 6.99. The number of rotatable bonds is 8. The summed E-state index contributed by atoms with van der Waals surface area (Å²) in [6.45, 7) is 13.5. The van der Waals surface area contributed by atoms with Crippen molar-refractivity contribution in [2.24, 2.45) is 50.7 Å². The molecule has 1 N–H and O–H groups in total. The third kappa shape index (κ3) is 6.18. The van der Waals surface area contributed by atoms with Crippen molar-refractivity contribution >= 4 is 23.6 Å². The summed E-state index contributed by atoms with van der Waals surface area (Å²) < 4.78 is 15.8. The number of allylic oxidation sites excluding steroid dienone is 2. The van der Waals surface area contributed by atoms with Crippen LogP contribution in [0.15, 0.2) is 42.0 Å². The smallest absolute Gasteiger partial charge is 0.331 e. The van der Waals surface area contributed by atoms with Crippen LogP contribution in [0, 0.1) is 50.7 Å². The number of benzene rings is 1. The third-order valence-electron chi connectivity index (χ3n) is 14.5. The van der Waals surface area contributed by atoms with E-state index in [0.717, 1.165) is 63.4 Å². The molecule has 5 aliphatic carbocycles. The number of nitrogens with one attached hydrogen (secondary N) is 1. The maximum absolute atomic E-state index is 14.7. The number of hydrogen-bond acceptors (Lipinski definition) is 7. The lowest BCUT2D eigenvalue weighted by Gasteiger charge is -2.67. The van der Waals surface area contributed by atoms with Crippen LogP contribution in [0.4, 0.5) is 0 Å². The molecule has 4 saturated carbocycles. The van der Waals surface area contributed by atoms with Crippen LogP contribution in [0.5, 0.6) is 0 Å². The maximum atomic E-state index is 14.7. The number of hydrogen-bond donors (Lipinski definition) is 1. The average Bonchev–Trinajstić information content (AvgIpc) is 3.05. The Kier molecular flexibility index (Phi) is 9.47. The van der Waals surface area contributed by atoms with Gasteiger partial charge in [0, 0.05) is 12.0 Å². The van der Waals surface area contributed by atoms with Crippen LogP contribution >= 0.6 is 0 Å². The van der Waals surface area contributed by atoms with Crippen molar-refractivity contribution in [1.29, 1.82) is 0 Å². The highest BCUT2D eigenvalue weighted by molar-refractivity contribution is 5.95. The van der Waals surface area contributed by atoms with Crippen LogP contribution in [0.25, 0.3) is 0 Å². The number of carbonyl (C=O) groups is 4. The Bertz CT molecular complexity index is 1500. The maximum Gasteiger partial charge on any atom is 0.331 e. The van der Waals surface area contributed by atoms with E-state index in [9.17, 15) is 19.2 Å². The molecule has 0 bridgehead atoms. The SMILES string of the molecule is COC(=O)COCC(=O)NC1CCC2(C)C(CCC3(C)C4CCC5(C)CC[C@](C)(C(=O)OCc6ccccc6)CC5C4=CC(=O)C32)C1(C)C. The van der Waals surface area contributed by atoms with Crippen LogP contribution < -0.4 is 5.32 Å². The Morgan fingerprint density at radius 3 is 2.27 bits per heavy atom. The van der Waals surface area contributed by atoms with Gasteiger partial charge in [-0.15, -0.1) is 0 Å². The standard InChI is InChI=1S/C41H57NO7/c1-37(2)31-14-17-40(5)28-13-16-38(3)19-20-39(4,36(46)49-23-26-11-9-8-10-12-26)22-29(38)27(28)21-30(43)35(40)41(31,6)18-15-32(37)42-33(44)24-48-25-34(45)47-7/h8-12,21,28-29,31-32,35H,13-20,22-25H2,1-7H3,(H,42,44)/t28?,29?,31?,32?,35?,38?,39-,40?,41?/m0/s1. The molecule has 0 saturated heterocycles. The Balaban J connectivity index is 1.21. The van der Waals surface area contributed by atoms with Gasteiger partial charge in [0.15, 0.2) is 5.78 Å². The van der Waals surface area contributed by atoms with Gasteiger partial charge < -0.3 is 19.5 Å². The molecule has 8 nitrogen and oxygen atoms in total. The first-order chi connectivity index (χ1) is 23.1. The zero-order valence-corrected chi connectivity index (χ0v) is 30.7. The molecule has 8 unspecified atom stereocenters. The van der Waals surface area contributed by atoms with E-state index >= 15 is 0 Å². The molecule has 0 aromatic heterocycles. The number of carbonyl (C=O) groups excluding carboxylic acids is 4. The molecule has 5 aliphatic rings. The topological polar surface area (TPSA) is 108 Å². The zero-order valence-electron chi connectivity index (χ0n) is 30.7. The van der Waals surface area contributed by atoms with Gasteiger partial charge >= 0.3 is 11.9 Å². The average molecular weight is 676 g/mol. The fraction of sp³-hybridized carbons (Fsp3) is 0.707. The molecule has 0 radical (unpaired) electrons. The van der Waals surface area contributed by atoms with Crippen LogP contribution in [-0.4, -0.2) is 50.0 Å². The van der Waals surface area contributed by atoms with Gasteiger partial charge in [0.1, 0.15) is 19.8 Å². The summed E-state index contributed by atoms with van der Waals surface area (Å²) in [5.74, 6) is 0.0794. The van der Waals surface area contributed by atoms with Crippen molar-refractivity contribution in [1.82, 2.24) is 5.32 Å². The van der Waals surface area contributed by atoms with E-state index in [0.29, 0.717) is 5.92 Å². The summed E-state index contributed by atoms with van der Waals surface area (Å²) >= 11 is 0. The largest absolute Gasteiger partial charge is 0.467 e. The quantitative estimate of drug-likeness (QED) is 0.296. The second kappa shape index (κ2) is 13.0. The summed E-state index contributed by atoms with van der Waals surface area (Å²) in [5, 5.41) is 3.21. The van der Waals surface area contributed by atoms with Crippen molar-refractivity contribution in [3.63, 3.8) is 0 Å². The number of amides is 1. The first-order valence-electron chi connectivity index (χ1n) is 18.5. The van der Waals surface area contributed by atoms with Crippen LogP contribution in [0.2, 0.25) is 0 Å². The number of methoxy groups -OCH3 is 1. The Labute approximate surface area is 292 Å². The van der Waals surface area contributed by atoms with Gasteiger partial charge in [0.05, 0.1) is 12.5 Å². The summed E-state index contributed by atoms with van der Waals surface area (Å²) in [4.78, 5) is 52.6. The first-order valence-corrected chi connectivity index (χ1v) is 18.5. The molecule has 268 valence electrons. The van der Waals surface area contributed by atoms with Gasteiger partial charge in [-0.05, 0) is 116 Å². The van der Waals surface area contributed by atoms with E-state index in [1.165, 1.54) is 12.7 Å². The normalized spacial score (nSPS) is 39.2. The Morgan fingerprint density at radius 2 is 1.55 bits per heavy atom. The van der Waals surface area contributed by atoms with Crippen LogP contribution in [0.1, 0.15) is 105 Å². The molecule has 1 amide bonds. The second-order valence-corrected chi connectivity index (χ2v) is 17.8. The predicted molar refractivity (Wildman–Crippen MR) is 186 cm³/mol. The van der Waals surface area contributed by atoms with Crippen molar-refractivity contribution in [2.75, 3.05) is 20.3 Å². The highest BCUT2D eigenvalue weighted by Crippen LogP contribution is 2.71. The molecule has 0 heterocycles. The molecule has 1 aromatic rings. The molecule has 6 rings (SSSR count). The van der Waals surface area contributed by atoms with E-state index < -0.39 is 11.4 Å². The molecule has 9 atom stereocenters. The zero-order chi connectivity index (χ0) is 35.4. The summed E-state index contributed by atoms with van der Waals surface area (Å²) in [7, 11) is 1.29. The first kappa shape index (κ1) is 35.8. The number of esters is 2. The number of ketones is 1. The molecular formula is C41H57NO7. The molecule has 0 aliphatic heterocycles. The van der Waals surface area contributed by atoms with Gasteiger partial charge in [-0.3, -0.25) is 14.4 Å². The third-order valence-corrected chi connectivity index (χ3v) is 14.5. The summed E-state index contributed by atoms with van der Waals surface area (Å²) in [6.07, 6.45) is 10.4. The van der Waals surface area contributed by atoms with Gasteiger partial charge in [-0.1, -0.05) is 70.5 Å². The summed E-state index contributed by atoms with van der Waals surface area (Å²) in [6, 6.07) is 9.81. The minimum absolute atomic E-state index is 0.0501. The molecule has 1 aromatic carbocycles. The highest BCUT2D eigenvalue weighted by Gasteiger charge is 2.67. The van der Waals surface area contributed by atoms with E-state index in [1.807, 2.05) is 36.4 Å². The number of fused-ring (bicyclic) bond motifs is 7. The van der Waals surface area contributed by atoms with Crippen molar-refractivity contribution in [2.45, 2.75) is 112 Å². The fourth-order valence-electron chi connectivity index (χ4n) is 11.8. The van der Waals surface area contributed by atoms with Gasteiger partial charge in [-0.2, -0.15) is 0 Å². The molecule has 49 heavy (non-hydrogen) atoms. The van der Waals surface area contributed by atoms with E-state index in [4.69, 9.17) is 9.47 Å². The van der Waals surface area contributed by atoms with Crippen molar-refractivity contribution < 1.29 is 33.4 Å². The van der Waals surface area contributed by atoms with Crippen LogP contribution in [0.3, 0.4) is 0 Å². The molecule has 4 fully saturated rings. The monoisotopic (exact) mass is 675 g/mol. The summed E-state index contributed by atoms with van der Waals surface area (Å²) in [5.41, 5.74) is 1.21. The second-order valence-electron chi connectivity index (χ2n) is 17.8. The lowest BCUT2D eigenvalue weighted by molar-refractivity contribution is -0.176. The van der Waals surface area contributed by atoms with E-state index in [2.05, 4.69) is 51.6 Å². The van der Waals surface area contributed by atoms with Crippen LogP contribution in [-0.2, 0) is 40.0 Å². The van der Waals surface area contributed by atoms with E-state index in [-0.39, 0.29) is 82.9 Å². The Morgan fingerprint density at radius 1 is 0.837 bits per heavy atom. The molecule has 0 spiro atoms. The number of ether oxygens (including phenoxy) is 3. The highest BCUT2D eigenvalue weighted by atomic mass is 16.6. The lowest BCUT2D eigenvalue weighted by Crippen LogP contribution is -2.65. The minimum atomic E-state index is -0.580. The molecular weight excluding hydrogens is 618 g/mol. The molecule has 8 heteroatoms. The fourth-order valence-corrected chi connectivity index (χ4v) is 11.8.